The first-order valence-electron chi connectivity index (χ1n) is 17.3. The summed E-state index contributed by atoms with van der Waals surface area (Å²) in [7, 11) is 0. The number of anilines is 1. The summed E-state index contributed by atoms with van der Waals surface area (Å²) in [6.07, 6.45) is 1.63. The summed E-state index contributed by atoms with van der Waals surface area (Å²) < 4.78 is 0.572. The molecule has 0 saturated heterocycles. The highest BCUT2D eigenvalue weighted by Crippen LogP contribution is 2.38. The number of aryl methyl sites for hydroxylation is 2. The van der Waals surface area contributed by atoms with Crippen molar-refractivity contribution in [2.45, 2.75) is 69.2 Å². The standard InChI is InChI=1S/C41H49N5O4S/c1-23(2)27(7)21-44(22-28(8)24(3)4)41-43-37(36-26(6)18-17-25(5)29(36)9)35(51-41)19-33-30(10)34(20-42)40(50)46(39(33)49)45(31(11)47)38(48)32-15-13-12-14-16-32/h12-19,23-24,27-28,50H,10,21-22H2,1-9,11H3/b33-19-. The zero-order chi connectivity index (χ0) is 37.9. The molecule has 2 aromatic carbocycles. The van der Waals surface area contributed by atoms with E-state index in [0.717, 1.165) is 47.4 Å². The molecule has 4 aromatic rings. The van der Waals surface area contributed by atoms with E-state index in [9.17, 15) is 24.8 Å². The highest BCUT2D eigenvalue weighted by Gasteiger charge is 2.29. The molecule has 2 aromatic heterocycles. The van der Waals surface area contributed by atoms with Crippen molar-refractivity contribution in [1.29, 1.82) is 5.26 Å². The number of aromatic hydroxyl groups is 1. The summed E-state index contributed by atoms with van der Waals surface area (Å²) in [5, 5.41) is 22.7. The van der Waals surface area contributed by atoms with Gasteiger partial charge >= 0.3 is 0 Å². The number of nitriles is 1. The maximum atomic E-state index is 14.4. The minimum atomic E-state index is -0.881. The lowest BCUT2D eigenvalue weighted by atomic mass is 9.94. The molecule has 10 heteroatoms. The predicted octanol–water partition coefficient (Wildman–Crippen LogP) is 6.43. The number of nitrogens with zero attached hydrogens (tertiary/aromatic N) is 5. The highest BCUT2D eigenvalue weighted by atomic mass is 32.1. The van der Waals surface area contributed by atoms with Gasteiger partial charge in [0.05, 0.1) is 15.8 Å². The first kappa shape index (κ1) is 38.8. The average Bonchev–Trinajstić information content (AvgIpc) is 3.49. The molecule has 268 valence electrons. The summed E-state index contributed by atoms with van der Waals surface area (Å²) in [5.41, 5.74) is 3.66. The van der Waals surface area contributed by atoms with E-state index >= 15 is 0 Å². The molecule has 0 aliphatic carbocycles. The molecule has 9 nitrogen and oxygen atoms in total. The fourth-order valence-electron chi connectivity index (χ4n) is 5.77. The number of benzene rings is 2. The van der Waals surface area contributed by atoms with Gasteiger partial charge in [0.15, 0.2) is 5.13 Å². The number of amides is 2. The number of aromatic nitrogens is 2. The fraction of sp³-hybridized carbons (Fsp3) is 0.390. The van der Waals surface area contributed by atoms with E-state index in [2.05, 4.69) is 59.1 Å². The molecule has 0 radical (unpaired) electrons. The lowest BCUT2D eigenvalue weighted by Crippen LogP contribution is -2.56. The van der Waals surface area contributed by atoms with Gasteiger partial charge in [0, 0.05) is 36.4 Å². The zero-order valence-corrected chi connectivity index (χ0v) is 32.2. The van der Waals surface area contributed by atoms with E-state index in [-0.39, 0.29) is 21.6 Å². The Balaban J connectivity index is 2.11. The maximum absolute atomic E-state index is 14.4. The molecule has 2 atom stereocenters. The smallest absolute Gasteiger partial charge is 0.280 e. The van der Waals surface area contributed by atoms with Crippen LogP contribution in [0.2, 0.25) is 0 Å². The van der Waals surface area contributed by atoms with Crippen LogP contribution in [0.1, 0.15) is 86.0 Å². The Hall–Kier alpha value is -5.01. The van der Waals surface area contributed by atoms with Gasteiger partial charge in [-0.25, -0.2) is 4.98 Å². The van der Waals surface area contributed by atoms with Crippen LogP contribution in [-0.4, -0.2) is 39.7 Å². The Labute approximate surface area is 304 Å². The van der Waals surface area contributed by atoms with E-state index in [0.29, 0.717) is 43.9 Å². The molecule has 0 aliphatic rings. The van der Waals surface area contributed by atoms with Gasteiger partial charge in [0.2, 0.25) is 11.8 Å². The summed E-state index contributed by atoms with van der Waals surface area (Å²) in [6, 6.07) is 14.0. The molecular formula is C41H49N5O4S. The maximum Gasteiger partial charge on any atom is 0.280 e. The van der Waals surface area contributed by atoms with Crippen LogP contribution < -0.4 is 25.9 Å². The van der Waals surface area contributed by atoms with Gasteiger partial charge in [-0.15, -0.1) is 0 Å². The first-order valence-corrected chi connectivity index (χ1v) is 18.1. The van der Waals surface area contributed by atoms with Gasteiger partial charge in [0.25, 0.3) is 11.5 Å². The van der Waals surface area contributed by atoms with Crippen molar-refractivity contribution in [2.24, 2.45) is 23.7 Å². The molecular weight excluding hydrogens is 659 g/mol. The van der Waals surface area contributed by atoms with Crippen LogP contribution in [0.25, 0.3) is 23.9 Å². The Morgan fingerprint density at radius 1 is 0.980 bits per heavy atom. The molecule has 0 fully saturated rings. The van der Waals surface area contributed by atoms with E-state index in [1.54, 1.807) is 24.3 Å². The van der Waals surface area contributed by atoms with E-state index in [1.165, 1.54) is 23.5 Å². The molecule has 1 N–H and O–H groups in total. The van der Waals surface area contributed by atoms with Crippen molar-refractivity contribution in [3.63, 3.8) is 0 Å². The van der Waals surface area contributed by atoms with Gasteiger partial charge in [-0.3, -0.25) is 14.4 Å². The van der Waals surface area contributed by atoms with E-state index in [1.807, 2.05) is 32.9 Å². The summed E-state index contributed by atoms with van der Waals surface area (Å²) >= 11 is 1.44. The monoisotopic (exact) mass is 707 g/mol. The van der Waals surface area contributed by atoms with Crippen LogP contribution >= 0.6 is 11.3 Å². The van der Waals surface area contributed by atoms with Gasteiger partial charge in [-0.1, -0.05) is 89.8 Å². The molecule has 2 amide bonds. The Morgan fingerprint density at radius 3 is 2.08 bits per heavy atom. The van der Waals surface area contributed by atoms with Crippen LogP contribution in [-0.2, 0) is 4.79 Å². The lowest BCUT2D eigenvalue weighted by molar-refractivity contribution is -0.117. The number of pyridine rings is 1. The lowest BCUT2D eigenvalue weighted by Gasteiger charge is -2.31. The van der Waals surface area contributed by atoms with Gasteiger partial charge in [0.1, 0.15) is 11.6 Å². The summed E-state index contributed by atoms with van der Waals surface area (Å²) in [4.78, 5) is 49.4. The molecule has 2 heterocycles. The third-order valence-corrected chi connectivity index (χ3v) is 11.0. The minimum absolute atomic E-state index is 0.0239. The van der Waals surface area contributed by atoms with Crippen molar-refractivity contribution < 1.29 is 14.7 Å². The molecule has 51 heavy (non-hydrogen) atoms. The van der Waals surface area contributed by atoms with Crippen LogP contribution in [0.4, 0.5) is 5.13 Å². The molecule has 2 unspecified atom stereocenters. The Kier molecular flexibility index (Phi) is 12.1. The summed E-state index contributed by atoms with van der Waals surface area (Å²) in [6.45, 7) is 26.2. The quantitative estimate of drug-likeness (QED) is 0.191. The molecule has 4 rings (SSSR count). The second-order valence-corrected chi connectivity index (χ2v) is 15.2. The van der Waals surface area contributed by atoms with E-state index < -0.39 is 23.3 Å². The number of imide groups is 1. The summed E-state index contributed by atoms with van der Waals surface area (Å²) in [5.74, 6) is -0.867. The van der Waals surface area contributed by atoms with Crippen molar-refractivity contribution in [3.8, 4) is 23.2 Å². The molecule has 0 aliphatic heterocycles. The normalized spacial score (nSPS) is 13.0. The zero-order valence-electron chi connectivity index (χ0n) is 31.4. The average molecular weight is 708 g/mol. The van der Waals surface area contributed by atoms with Crippen LogP contribution in [0.15, 0.2) is 47.3 Å². The molecule has 0 spiro atoms. The van der Waals surface area contributed by atoms with Crippen molar-refractivity contribution in [2.75, 3.05) is 23.0 Å². The van der Waals surface area contributed by atoms with Gasteiger partial charge < -0.3 is 10.0 Å². The largest absolute Gasteiger partial charge is 0.492 e. The van der Waals surface area contributed by atoms with Gasteiger partial charge in [-0.05, 0) is 79.3 Å². The second kappa shape index (κ2) is 15.9. The highest BCUT2D eigenvalue weighted by molar-refractivity contribution is 7.16. The van der Waals surface area contributed by atoms with Crippen LogP contribution in [0.3, 0.4) is 0 Å². The molecule has 0 saturated carbocycles. The van der Waals surface area contributed by atoms with Crippen molar-refractivity contribution >= 4 is 40.9 Å². The Morgan fingerprint density at radius 2 is 1.55 bits per heavy atom. The Bertz CT molecular complexity index is 2140. The van der Waals surface area contributed by atoms with E-state index in [4.69, 9.17) is 4.98 Å². The first-order chi connectivity index (χ1) is 24.0. The third-order valence-electron chi connectivity index (χ3n) is 9.96. The number of rotatable bonds is 11. The number of thiazole rings is 1. The number of carbonyl (C=O) groups is 2. The number of hydrogen-bond donors (Lipinski definition) is 1. The topological polar surface area (TPSA) is 120 Å². The van der Waals surface area contributed by atoms with Crippen molar-refractivity contribution in [3.05, 3.63) is 96.0 Å². The van der Waals surface area contributed by atoms with Crippen molar-refractivity contribution in [1.82, 2.24) is 9.66 Å². The predicted molar refractivity (Wildman–Crippen MR) is 207 cm³/mol. The fourth-order valence-corrected chi connectivity index (χ4v) is 6.80. The number of carbonyl (C=O) groups excluding carboxylic acids is 2. The molecule has 0 bridgehead atoms. The van der Waals surface area contributed by atoms with Gasteiger partial charge in [-0.2, -0.15) is 14.9 Å². The second-order valence-electron chi connectivity index (χ2n) is 14.2. The third kappa shape index (κ3) is 7.99. The number of hydrogen-bond acceptors (Lipinski definition) is 8. The van der Waals surface area contributed by atoms with Crippen LogP contribution in [0, 0.1) is 55.8 Å². The minimum Gasteiger partial charge on any atom is -0.492 e. The SMILES string of the molecule is C=c1c(C#N)c(O)n(N(C(C)=O)C(=O)c2ccccc2)c(=O)/c1=C\c1sc(N(CC(C)C(C)C)CC(C)C(C)C)nc1-c1c(C)ccc(C)c1C. The van der Waals surface area contributed by atoms with Crippen LogP contribution in [0.5, 0.6) is 5.88 Å².